The maximum atomic E-state index is 13.5. The van der Waals surface area contributed by atoms with E-state index in [1.807, 2.05) is 18.9 Å². The number of amides is 3. The van der Waals surface area contributed by atoms with Crippen LogP contribution in [0, 0.1) is 5.92 Å². The summed E-state index contributed by atoms with van der Waals surface area (Å²) in [6.07, 6.45) is -2.35. The van der Waals surface area contributed by atoms with Crippen molar-refractivity contribution < 1.29 is 37.4 Å². The van der Waals surface area contributed by atoms with Gasteiger partial charge in [-0.3, -0.25) is 19.3 Å². The Bertz CT molecular complexity index is 1630. The summed E-state index contributed by atoms with van der Waals surface area (Å²) in [5, 5.41) is 15.6. The third-order valence-corrected chi connectivity index (χ3v) is 8.97. The van der Waals surface area contributed by atoms with E-state index in [-0.39, 0.29) is 43.1 Å². The molecular weight excluding hydrogens is 663 g/mol. The van der Waals surface area contributed by atoms with Crippen LogP contribution in [-0.2, 0) is 33.5 Å². The van der Waals surface area contributed by atoms with Crippen molar-refractivity contribution in [3.63, 3.8) is 0 Å². The van der Waals surface area contributed by atoms with E-state index in [0.29, 0.717) is 79.3 Å². The minimum Gasteiger partial charge on any atom is -0.488 e. The van der Waals surface area contributed by atoms with Crippen LogP contribution in [0.5, 0.6) is 5.75 Å². The fourth-order valence-electron chi connectivity index (χ4n) is 6.00. The molecule has 51 heavy (non-hydrogen) atoms. The number of likely N-dealkylation sites (N-methyl/N-ethyl adjacent to an activating group) is 1. The number of fused-ring (bicyclic) bond motifs is 1. The van der Waals surface area contributed by atoms with Gasteiger partial charge in [0.15, 0.2) is 0 Å². The lowest BCUT2D eigenvalue weighted by Crippen LogP contribution is -2.47. The number of nitrogens with one attached hydrogen (secondary N) is 2. The number of anilines is 3. The molecule has 3 atom stereocenters. The number of ether oxygens (including phenoxy) is 1. The lowest BCUT2D eigenvalue weighted by atomic mass is 10.0. The van der Waals surface area contributed by atoms with Crippen LogP contribution >= 0.6 is 0 Å². The number of para-hydroxylation sites is 2. The lowest BCUT2D eigenvalue weighted by Gasteiger charge is -2.34. The molecule has 0 fully saturated rings. The van der Waals surface area contributed by atoms with Crippen LogP contribution in [0.2, 0.25) is 0 Å². The zero-order valence-electron chi connectivity index (χ0n) is 29.3. The smallest absolute Gasteiger partial charge is 0.416 e. The van der Waals surface area contributed by atoms with Gasteiger partial charge in [0.2, 0.25) is 17.7 Å². The van der Waals surface area contributed by atoms with Gasteiger partial charge < -0.3 is 31.1 Å². The Morgan fingerprint density at radius 3 is 2.33 bits per heavy atom. The molecule has 0 saturated heterocycles. The predicted octanol–water partition coefficient (Wildman–Crippen LogP) is 6.10. The average molecular weight is 712 g/mol. The second kappa shape index (κ2) is 18.0. The molecule has 4 rings (SSSR count). The number of carbonyl (C=O) groups excluding carboxylic acids is 3. The molecule has 13 heteroatoms. The highest BCUT2D eigenvalue weighted by molar-refractivity contribution is 5.94. The monoisotopic (exact) mass is 711 g/mol. The highest BCUT2D eigenvalue weighted by Gasteiger charge is 2.32. The van der Waals surface area contributed by atoms with Gasteiger partial charge in [0.25, 0.3) is 0 Å². The summed E-state index contributed by atoms with van der Waals surface area (Å²) < 4.78 is 45.7. The Hall–Kier alpha value is -4.62. The highest BCUT2D eigenvalue weighted by Crippen LogP contribution is 2.31. The minimum absolute atomic E-state index is 0.000905. The van der Waals surface area contributed by atoms with Gasteiger partial charge in [0.1, 0.15) is 11.9 Å². The molecule has 3 aromatic carbocycles. The number of halogens is 3. The van der Waals surface area contributed by atoms with E-state index in [4.69, 9.17) is 10.5 Å². The number of unbranched alkanes of at least 4 members (excludes halogenated alkanes) is 2. The summed E-state index contributed by atoms with van der Waals surface area (Å²) in [7, 11) is 1.86. The number of carbonyl (C=O) groups is 3. The van der Waals surface area contributed by atoms with Gasteiger partial charge in [-0.05, 0) is 74.8 Å². The molecule has 0 spiro atoms. The molecule has 0 saturated carbocycles. The van der Waals surface area contributed by atoms with Gasteiger partial charge in [-0.25, -0.2) is 0 Å². The van der Waals surface area contributed by atoms with Gasteiger partial charge in [0, 0.05) is 49.6 Å². The Morgan fingerprint density at radius 2 is 1.69 bits per heavy atom. The molecule has 1 aliphatic heterocycles. The molecule has 10 nitrogen and oxygen atoms in total. The zero-order valence-corrected chi connectivity index (χ0v) is 29.3. The Kier molecular flexibility index (Phi) is 13.9. The van der Waals surface area contributed by atoms with Crippen LogP contribution in [0.15, 0.2) is 66.7 Å². The van der Waals surface area contributed by atoms with E-state index >= 15 is 0 Å². The standard InChI is InChI=1S/C38H48F3N5O5/c1-25-21-46(26(2)24-47)37(50)20-28-19-30(43-35(48)11-5-4-6-12-36(49)44-32-10-8-7-9-31(32)42)17-18-33(28)51-34(25)23-45(3)22-27-13-15-29(16-14-27)38(39,40)41/h7-10,13-19,25-26,34,47H,4-6,11-12,20-24,42H2,1-3H3,(H,43,48)(H,44,49)/t25-,26+,34-/m0/s1. The summed E-state index contributed by atoms with van der Waals surface area (Å²) >= 11 is 0. The fraction of sp³-hybridized carbons (Fsp3) is 0.447. The topological polar surface area (TPSA) is 137 Å². The number of aliphatic hydroxyl groups is 1. The third kappa shape index (κ3) is 11.7. The van der Waals surface area contributed by atoms with Crippen molar-refractivity contribution in [3.8, 4) is 5.75 Å². The SMILES string of the molecule is C[C@H](CO)N1C[C@H](C)[C@H](CN(C)Cc2ccc(C(F)(F)F)cc2)Oc2ccc(NC(=O)CCCCCC(=O)Nc3ccccc3N)cc2CC1=O. The molecule has 276 valence electrons. The Balaban J connectivity index is 1.37. The number of nitrogens with zero attached hydrogens (tertiary/aromatic N) is 2. The first-order valence-corrected chi connectivity index (χ1v) is 17.2. The quantitative estimate of drug-likeness (QED) is 0.117. The predicted molar refractivity (Wildman–Crippen MR) is 191 cm³/mol. The second-order valence-corrected chi connectivity index (χ2v) is 13.3. The normalized spacial score (nSPS) is 17.1. The van der Waals surface area contributed by atoms with Crippen molar-refractivity contribution in [2.45, 2.75) is 77.2 Å². The molecule has 3 aromatic rings. The number of alkyl halides is 3. The Morgan fingerprint density at radius 1 is 1.02 bits per heavy atom. The molecular formula is C38H48F3N5O5. The number of rotatable bonds is 14. The van der Waals surface area contributed by atoms with Crippen molar-refractivity contribution in [1.82, 2.24) is 9.80 Å². The van der Waals surface area contributed by atoms with E-state index in [0.717, 1.165) is 12.1 Å². The van der Waals surface area contributed by atoms with Gasteiger partial charge in [-0.2, -0.15) is 13.2 Å². The van der Waals surface area contributed by atoms with Gasteiger partial charge >= 0.3 is 6.18 Å². The Labute approximate surface area is 297 Å². The van der Waals surface area contributed by atoms with Gasteiger partial charge in [0.05, 0.1) is 36.0 Å². The number of benzene rings is 3. The zero-order chi connectivity index (χ0) is 37.1. The minimum atomic E-state index is -4.41. The fourth-order valence-corrected chi connectivity index (χ4v) is 6.00. The van der Waals surface area contributed by atoms with Crippen molar-refractivity contribution in [3.05, 3.63) is 83.4 Å². The summed E-state index contributed by atoms with van der Waals surface area (Å²) in [5.41, 5.74) is 8.06. The van der Waals surface area contributed by atoms with E-state index in [2.05, 4.69) is 10.6 Å². The first-order chi connectivity index (χ1) is 24.2. The molecule has 1 heterocycles. The maximum absolute atomic E-state index is 13.5. The van der Waals surface area contributed by atoms with Crippen molar-refractivity contribution in [2.24, 2.45) is 5.92 Å². The van der Waals surface area contributed by atoms with Crippen LogP contribution in [0.3, 0.4) is 0 Å². The van der Waals surface area contributed by atoms with Gasteiger partial charge in [-0.15, -0.1) is 0 Å². The summed E-state index contributed by atoms with van der Waals surface area (Å²) in [6, 6.07) is 16.9. The van der Waals surface area contributed by atoms with E-state index in [1.54, 1.807) is 54.3 Å². The molecule has 1 aliphatic rings. The summed E-state index contributed by atoms with van der Waals surface area (Å²) in [4.78, 5) is 42.2. The van der Waals surface area contributed by atoms with E-state index in [1.165, 1.54) is 12.1 Å². The second-order valence-electron chi connectivity index (χ2n) is 13.3. The largest absolute Gasteiger partial charge is 0.488 e. The average Bonchev–Trinajstić information content (AvgIpc) is 3.12. The number of nitrogen functional groups attached to an aromatic ring is 1. The number of hydrogen-bond donors (Lipinski definition) is 4. The number of nitrogens with two attached hydrogens (primary N) is 1. The van der Waals surface area contributed by atoms with E-state index in [9.17, 15) is 32.7 Å². The van der Waals surface area contributed by atoms with E-state index < -0.39 is 23.9 Å². The highest BCUT2D eigenvalue weighted by atomic mass is 19.4. The molecule has 5 N–H and O–H groups in total. The van der Waals surface area contributed by atoms with Crippen LogP contribution in [0.25, 0.3) is 0 Å². The molecule has 0 bridgehead atoms. The molecule has 0 radical (unpaired) electrons. The third-order valence-electron chi connectivity index (χ3n) is 8.97. The van der Waals surface area contributed by atoms with Crippen LogP contribution < -0.4 is 21.1 Å². The molecule has 0 aliphatic carbocycles. The van der Waals surface area contributed by atoms with Crippen molar-refractivity contribution >= 4 is 34.8 Å². The molecule has 0 aromatic heterocycles. The number of hydrogen-bond acceptors (Lipinski definition) is 7. The molecule has 3 amide bonds. The molecule has 0 unspecified atom stereocenters. The van der Waals surface area contributed by atoms with Crippen LogP contribution in [0.4, 0.5) is 30.2 Å². The maximum Gasteiger partial charge on any atom is 0.416 e. The van der Waals surface area contributed by atoms with Crippen LogP contribution in [0.1, 0.15) is 62.6 Å². The van der Waals surface area contributed by atoms with Crippen molar-refractivity contribution in [2.75, 3.05) is 43.1 Å². The van der Waals surface area contributed by atoms with Crippen LogP contribution in [-0.4, -0.2) is 71.5 Å². The van der Waals surface area contributed by atoms with Crippen molar-refractivity contribution in [1.29, 1.82) is 0 Å². The first kappa shape index (κ1) is 39.2. The summed E-state index contributed by atoms with van der Waals surface area (Å²) in [6.45, 7) is 4.66. The van der Waals surface area contributed by atoms with Gasteiger partial charge in [-0.1, -0.05) is 37.6 Å². The number of aliphatic hydroxyl groups excluding tert-OH is 1. The lowest BCUT2D eigenvalue weighted by molar-refractivity contribution is -0.137. The summed E-state index contributed by atoms with van der Waals surface area (Å²) in [5.74, 6) is -0.186. The first-order valence-electron chi connectivity index (χ1n) is 17.2.